The fraction of sp³-hybridized carbons (Fsp3) is 0.321. The molecule has 3 aromatic carbocycles. The van der Waals surface area contributed by atoms with E-state index < -0.39 is 5.60 Å². The summed E-state index contributed by atoms with van der Waals surface area (Å²) in [4.78, 5) is 14.5. The monoisotopic (exact) mass is 447 g/mol. The molecule has 0 heterocycles. The van der Waals surface area contributed by atoms with Gasteiger partial charge in [-0.15, -0.1) is 0 Å². The molecule has 2 unspecified atom stereocenters. The maximum atomic E-state index is 13.1. The molecule has 2 atom stereocenters. The molecule has 4 rings (SSSR count). The summed E-state index contributed by atoms with van der Waals surface area (Å²) >= 11 is 0. The Balaban J connectivity index is 1.51. The lowest BCUT2D eigenvalue weighted by Crippen LogP contribution is -2.43. The highest BCUT2D eigenvalue weighted by Gasteiger charge is 2.38. The zero-order chi connectivity index (χ0) is 23.6. The lowest BCUT2D eigenvalue weighted by atomic mass is 9.90. The van der Waals surface area contributed by atoms with Crippen LogP contribution in [0.15, 0.2) is 72.8 Å². The zero-order valence-corrected chi connectivity index (χ0v) is 19.5. The van der Waals surface area contributed by atoms with Gasteiger partial charge in [-0.3, -0.25) is 0 Å². The van der Waals surface area contributed by atoms with Gasteiger partial charge in [0.05, 0.1) is 0 Å². The van der Waals surface area contributed by atoms with E-state index in [-0.39, 0.29) is 23.9 Å². The molecule has 0 saturated carbocycles. The number of carbonyl (C=O) groups is 1. The summed E-state index contributed by atoms with van der Waals surface area (Å²) < 4.78 is 24.6. The molecule has 1 aliphatic carbocycles. The van der Waals surface area contributed by atoms with E-state index in [0.717, 1.165) is 18.4 Å². The fourth-order valence-corrected chi connectivity index (χ4v) is 4.37. The molecule has 3 aromatic rings. The van der Waals surface area contributed by atoms with Crippen molar-refractivity contribution in [2.75, 3.05) is 7.05 Å². The molecule has 4 nitrogen and oxygen atoms in total. The number of halogens is 1. The van der Waals surface area contributed by atoms with Gasteiger partial charge in [0.25, 0.3) is 0 Å². The minimum Gasteiger partial charge on any atom is -0.457 e. The maximum Gasteiger partial charge on any atom is 0.410 e. The van der Waals surface area contributed by atoms with E-state index >= 15 is 0 Å². The van der Waals surface area contributed by atoms with Crippen LogP contribution in [0, 0.1) is 5.82 Å². The molecule has 0 aliphatic heterocycles. The molecule has 5 heteroatoms. The van der Waals surface area contributed by atoms with Crippen LogP contribution in [-0.2, 0) is 17.6 Å². The Labute approximate surface area is 195 Å². The average molecular weight is 448 g/mol. The van der Waals surface area contributed by atoms with Crippen LogP contribution in [0.4, 0.5) is 9.18 Å². The van der Waals surface area contributed by atoms with Crippen molar-refractivity contribution in [3.05, 3.63) is 95.3 Å². The summed E-state index contributed by atoms with van der Waals surface area (Å²) in [6.07, 6.45) is 1.31. The molecule has 0 fully saturated rings. The van der Waals surface area contributed by atoms with E-state index in [1.165, 1.54) is 23.3 Å². The van der Waals surface area contributed by atoms with Gasteiger partial charge in [0, 0.05) is 19.0 Å². The predicted octanol–water partition coefficient (Wildman–Crippen LogP) is 6.74. The van der Waals surface area contributed by atoms with E-state index in [0.29, 0.717) is 11.5 Å². The molecule has 0 aromatic heterocycles. The van der Waals surface area contributed by atoms with Gasteiger partial charge in [-0.05, 0) is 86.7 Å². The Morgan fingerprint density at radius 1 is 0.970 bits per heavy atom. The molecule has 0 radical (unpaired) electrons. The van der Waals surface area contributed by atoms with Crippen molar-refractivity contribution < 1.29 is 18.7 Å². The number of nitrogens with zero attached hydrogens (tertiary/aromatic N) is 1. The van der Waals surface area contributed by atoms with Gasteiger partial charge >= 0.3 is 6.09 Å². The molecule has 0 spiro atoms. The topological polar surface area (TPSA) is 38.8 Å². The fourth-order valence-electron chi connectivity index (χ4n) is 4.37. The highest BCUT2D eigenvalue weighted by Crippen LogP contribution is 2.39. The zero-order valence-electron chi connectivity index (χ0n) is 19.5. The summed E-state index contributed by atoms with van der Waals surface area (Å²) in [5.74, 6) is 1.16. The molecule has 0 saturated heterocycles. The number of hydrogen-bond donors (Lipinski definition) is 0. The number of amides is 1. The van der Waals surface area contributed by atoms with Crippen molar-refractivity contribution in [3.8, 4) is 11.5 Å². The van der Waals surface area contributed by atoms with Gasteiger partial charge in [0.1, 0.15) is 22.9 Å². The van der Waals surface area contributed by atoms with Crippen LogP contribution in [0.3, 0.4) is 0 Å². The summed E-state index contributed by atoms with van der Waals surface area (Å²) in [7, 11) is 1.83. The minimum absolute atomic E-state index is 0.0207. The number of fused-ring (bicyclic) bond motifs is 1. The molecular weight excluding hydrogens is 417 g/mol. The molecular formula is C28H30FNO3. The van der Waals surface area contributed by atoms with Crippen molar-refractivity contribution in [2.45, 2.75) is 51.2 Å². The number of benzene rings is 3. The Hall–Kier alpha value is -3.34. The third-order valence-electron chi connectivity index (χ3n) is 5.96. The molecule has 1 amide bonds. The van der Waals surface area contributed by atoms with Gasteiger partial charge < -0.3 is 14.4 Å². The largest absolute Gasteiger partial charge is 0.457 e. The van der Waals surface area contributed by atoms with Crippen LogP contribution in [0.5, 0.6) is 11.5 Å². The highest BCUT2D eigenvalue weighted by molar-refractivity contribution is 5.69. The van der Waals surface area contributed by atoms with E-state index in [1.807, 2.05) is 58.2 Å². The highest BCUT2D eigenvalue weighted by atomic mass is 19.1. The second kappa shape index (κ2) is 9.26. The number of hydrogen-bond acceptors (Lipinski definition) is 3. The normalized spacial score (nSPS) is 17.4. The third kappa shape index (κ3) is 5.54. The first-order chi connectivity index (χ1) is 15.7. The van der Waals surface area contributed by atoms with Crippen LogP contribution in [-0.4, -0.2) is 29.7 Å². The second-order valence-corrected chi connectivity index (χ2v) is 9.57. The molecule has 0 N–H and O–H groups in total. The maximum absolute atomic E-state index is 13.1. The summed E-state index contributed by atoms with van der Waals surface area (Å²) in [5, 5.41) is 0. The van der Waals surface area contributed by atoms with E-state index in [9.17, 15) is 9.18 Å². The lowest BCUT2D eigenvalue weighted by molar-refractivity contribution is 0.0207. The predicted molar refractivity (Wildman–Crippen MR) is 127 cm³/mol. The number of carbonyl (C=O) groups excluding carboxylic acids is 1. The van der Waals surface area contributed by atoms with Crippen LogP contribution < -0.4 is 4.74 Å². The van der Waals surface area contributed by atoms with Gasteiger partial charge in [0.2, 0.25) is 0 Å². The van der Waals surface area contributed by atoms with E-state index in [2.05, 4.69) is 18.2 Å². The molecule has 0 bridgehead atoms. The third-order valence-corrected chi connectivity index (χ3v) is 5.96. The standard InChI is InChI=1S/C28H30FNO3/c1-28(2,3)33-27(31)30(4)26-18-20-7-5-6-8-24(20)25(26)17-19-9-13-22(14-10-19)32-23-15-11-21(29)12-16-23/h5-16,25-26H,17-18H2,1-4H3. The Morgan fingerprint density at radius 2 is 1.58 bits per heavy atom. The van der Waals surface area contributed by atoms with E-state index in [4.69, 9.17) is 9.47 Å². The number of ether oxygens (including phenoxy) is 2. The van der Waals surface area contributed by atoms with Crippen LogP contribution >= 0.6 is 0 Å². The first-order valence-corrected chi connectivity index (χ1v) is 11.3. The average Bonchev–Trinajstić information content (AvgIpc) is 3.13. The molecule has 172 valence electrons. The van der Waals surface area contributed by atoms with Crippen molar-refractivity contribution in [1.82, 2.24) is 4.90 Å². The van der Waals surface area contributed by atoms with Crippen molar-refractivity contribution in [1.29, 1.82) is 0 Å². The molecule has 33 heavy (non-hydrogen) atoms. The van der Waals surface area contributed by atoms with Gasteiger partial charge in [-0.2, -0.15) is 0 Å². The summed E-state index contributed by atoms with van der Waals surface area (Å²) in [6.45, 7) is 5.65. The smallest absolute Gasteiger partial charge is 0.410 e. The van der Waals surface area contributed by atoms with Crippen LogP contribution in [0.1, 0.15) is 43.4 Å². The van der Waals surface area contributed by atoms with Gasteiger partial charge in [-0.25, -0.2) is 9.18 Å². The first-order valence-electron chi connectivity index (χ1n) is 11.3. The summed E-state index contributed by atoms with van der Waals surface area (Å²) in [5.41, 5.74) is 3.18. The van der Waals surface area contributed by atoms with Crippen LogP contribution in [0.25, 0.3) is 0 Å². The Morgan fingerprint density at radius 3 is 2.21 bits per heavy atom. The first kappa shape index (κ1) is 22.8. The SMILES string of the molecule is CN(C(=O)OC(C)(C)C)C1Cc2ccccc2C1Cc1ccc(Oc2ccc(F)cc2)cc1. The number of likely N-dealkylation sites (N-methyl/N-ethyl adjacent to an activating group) is 1. The second-order valence-electron chi connectivity index (χ2n) is 9.57. The minimum atomic E-state index is -0.535. The quantitative estimate of drug-likeness (QED) is 0.435. The van der Waals surface area contributed by atoms with Crippen molar-refractivity contribution in [3.63, 3.8) is 0 Å². The van der Waals surface area contributed by atoms with Crippen molar-refractivity contribution >= 4 is 6.09 Å². The summed E-state index contributed by atoms with van der Waals surface area (Å²) in [6, 6.07) is 22.3. The van der Waals surface area contributed by atoms with Gasteiger partial charge in [-0.1, -0.05) is 36.4 Å². The van der Waals surface area contributed by atoms with E-state index in [1.54, 1.807) is 17.0 Å². The lowest BCUT2D eigenvalue weighted by Gasteiger charge is -2.32. The Bertz CT molecular complexity index is 1100. The number of rotatable bonds is 5. The van der Waals surface area contributed by atoms with Crippen molar-refractivity contribution in [2.24, 2.45) is 0 Å². The Kier molecular flexibility index (Phi) is 6.41. The molecule has 1 aliphatic rings. The van der Waals surface area contributed by atoms with Crippen LogP contribution in [0.2, 0.25) is 0 Å². The van der Waals surface area contributed by atoms with Gasteiger partial charge in [0.15, 0.2) is 0 Å².